The van der Waals surface area contributed by atoms with Gasteiger partial charge in [-0.3, -0.25) is 0 Å². The average molecular weight is 549 g/mol. The summed E-state index contributed by atoms with van der Waals surface area (Å²) in [7, 11) is 1.67. The molecule has 0 fully saturated rings. The maximum Gasteiger partial charge on any atom is 0.331 e. The second-order valence-corrected chi connectivity index (χ2v) is 13.2. The van der Waals surface area contributed by atoms with Gasteiger partial charge in [-0.15, -0.1) is 0 Å². The zero-order chi connectivity index (χ0) is 30.5. The van der Waals surface area contributed by atoms with E-state index in [1.54, 1.807) is 19.3 Å². The third kappa shape index (κ3) is 7.87. The van der Waals surface area contributed by atoms with Crippen LogP contribution in [0.2, 0.25) is 0 Å². The third-order valence-electron chi connectivity index (χ3n) is 8.44. The fourth-order valence-electron chi connectivity index (χ4n) is 4.10. The van der Waals surface area contributed by atoms with Crippen LogP contribution >= 0.6 is 0 Å². The van der Waals surface area contributed by atoms with Gasteiger partial charge < -0.3 is 14.2 Å². The maximum absolute atomic E-state index is 12.9. The number of ether oxygens (including phenoxy) is 3. The minimum Gasteiger partial charge on any atom is -0.496 e. The average Bonchev–Trinajstić information content (AvgIpc) is 2.84. The molecule has 0 aliphatic heterocycles. The highest BCUT2D eigenvalue weighted by molar-refractivity contribution is 5.88. The molecule has 2 aromatic carbocycles. The van der Waals surface area contributed by atoms with Crippen molar-refractivity contribution in [3.8, 4) is 5.75 Å². The van der Waals surface area contributed by atoms with E-state index in [9.17, 15) is 9.59 Å². The number of benzene rings is 2. The summed E-state index contributed by atoms with van der Waals surface area (Å²) in [6.45, 7) is 22.7. The number of carbonyl (C=O) groups excluding carboxylic acids is 2. The summed E-state index contributed by atoms with van der Waals surface area (Å²) in [4.78, 5) is 24.7. The van der Waals surface area contributed by atoms with E-state index in [0.717, 1.165) is 28.0 Å². The van der Waals surface area contributed by atoms with Crippen LogP contribution in [0.15, 0.2) is 54.6 Å². The molecule has 0 spiro atoms. The molecule has 0 aliphatic carbocycles. The molecule has 0 unspecified atom stereocenters. The normalized spacial score (nSPS) is 13.2. The van der Waals surface area contributed by atoms with Crippen molar-refractivity contribution >= 4 is 24.1 Å². The zero-order valence-corrected chi connectivity index (χ0v) is 26.5. The summed E-state index contributed by atoms with van der Waals surface area (Å²) in [6, 6.07) is 13.9. The summed E-state index contributed by atoms with van der Waals surface area (Å²) in [5, 5.41) is 0. The molecule has 2 rings (SSSR count). The van der Waals surface area contributed by atoms with Crippen molar-refractivity contribution in [2.24, 2.45) is 5.41 Å². The Morgan fingerprint density at radius 2 is 1.25 bits per heavy atom. The first-order valence-electron chi connectivity index (χ1n) is 13.9. The van der Waals surface area contributed by atoms with E-state index in [4.69, 9.17) is 14.2 Å². The summed E-state index contributed by atoms with van der Waals surface area (Å²) in [5.41, 5.74) is 2.52. The monoisotopic (exact) mass is 548 g/mol. The van der Waals surface area contributed by atoms with Gasteiger partial charge in [0.2, 0.25) is 0 Å². The summed E-state index contributed by atoms with van der Waals surface area (Å²) >= 11 is 0. The second-order valence-electron chi connectivity index (χ2n) is 13.2. The van der Waals surface area contributed by atoms with E-state index in [-0.39, 0.29) is 22.9 Å². The van der Waals surface area contributed by atoms with Crippen LogP contribution in [0.25, 0.3) is 12.2 Å². The molecular formula is C35H48O5. The first-order chi connectivity index (χ1) is 18.3. The van der Waals surface area contributed by atoms with Crippen LogP contribution in [-0.4, -0.2) is 30.8 Å². The van der Waals surface area contributed by atoms with Crippen molar-refractivity contribution in [3.05, 3.63) is 76.9 Å². The molecule has 0 N–H and O–H groups in total. The Kier molecular flexibility index (Phi) is 10.2. The van der Waals surface area contributed by atoms with Crippen molar-refractivity contribution < 1.29 is 23.8 Å². The molecule has 0 atom stereocenters. The highest BCUT2D eigenvalue weighted by atomic mass is 16.6. The first kappa shape index (κ1) is 32.9. The fourth-order valence-corrected chi connectivity index (χ4v) is 4.10. The molecule has 218 valence electrons. The number of hydrogen-bond acceptors (Lipinski definition) is 5. The van der Waals surface area contributed by atoms with Gasteiger partial charge in [-0.2, -0.15) is 0 Å². The molecule has 0 amide bonds. The van der Waals surface area contributed by atoms with Gasteiger partial charge in [0.05, 0.1) is 13.2 Å². The predicted octanol–water partition coefficient (Wildman–Crippen LogP) is 8.30. The number of hydrogen-bond donors (Lipinski definition) is 0. The second kappa shape index (κ2) is 12.4. The Bertz CT molecular complexity index is 1240. The summed E-state index contributed by atoms with van der Waals surface area (Å²) < 4.78 is 16.8. The highest BCUT2D eigenvalue weighted by Gasteiger charge is 2.41. The van der Waals surface area contributed by atoms with Crippen LogP contribution in [-0.2, 0) is 29.9 Å². The minimum absolute atomic E-state index is 0.0400. The van der Waals surface area contributed by atoms with E-state index < -0.39 is 17.0 Å². The summed E-state index contributed by atoms with van der Waals surface area (Å²) in [5.74, 6) is 0.00927. The van der Waals surface area contributed by atoms with E-state index >= 15 is 0 Å². The van der Waals surface area contributed by atoms with Crippen LogP contribution in [0.5, 0.6) is 5.75 Å². The van der Waals surface area contributed by atoms with E-state index in [0.29, 0.717) is 0 Å². The predicted molar refractivity (Wildman–Crippen MR) is 164 cm³/mol. The molecule has 0 saturated carbocycles. The number of carbonyl (C=O) groups is 2. The highest BCUT2D eigenvalue weighted by Crippen LogP contribution is 2.45. The lowest BCUT2D eigenvalue weighted by atomic mass is 9.65. The van der Waals surface area contributed by atoms with Crippen LogP contribution in [0.1, 0.15) is 98.4 Å². The molecule has 0 heterocycles. The smallest absolute Gasteiger partial charge is 0.331 e. The summed E-state index contributed by atoms with van der Waals surface area (Å²) in [6.07, 6.45) is 6.21. The van der Waals surface area contributed by atoms with Crippen LogP contribution in [0.3, 0.4) is 0 Å². The molecule has 0 bridgehead atoms. The van der Waals surface area contributed by atoms with Crippen LogP contribution in [0, 0.1) is 5.41 Å². The van der Waals surface area contributed by atoms with Gasteiger partial charge >= 0.3 is 11.9 Å². The van der Waals surface area contributed by atoms with Crippen molar-refractivity contribution in [2.45, 2.75) is 98.7 Å². The third-order valence-corrected chi connectivity index (χ3v) is 8.44. The standard InChI is InChI=1S/C35H48O5/c1-24(2)39-30(36)21-16-25-13-18-27(19-14-25)33(6,7)35(10,11)40-31(37)22-17-26-15-20-28(29(23-26)38-12)34(8,9)32(3,4)5/h13-24H,1-12H3/b21-16+,22-17+. The minimum atomic E-state index is -0.800. The molecule has 5 nitrogen and oxygen atoms in total. The molecule has 5 heteroatoms. The van der Waals surface area contributed by atoms with Crippen LogP contribution in [0.4, 0.5) is 0 Å². The lowest BCUT2D eigenvalue weighted by Crippen LogP contribution is -2.46. The largest absolute Gasteiger partial charge is 0.496 e. The van der Waals surface area contributed by atoms with Gasteiger partial charge in [0.1, 0.15) is 11.4 Å². The molecule has 40 heavy (non-hydrogen) atoms. The molecule has 0 saturated heterocycles. The van der Waals surface area contributed by atoms with E-state index in [2.05, 4.69) is 54.5 Å². The maximum atomic E-state index is 12.9. The lowest BCUT2D eigenvalue weighted by Gasteiger charge is -2.41. The van der Waals surface area contributed by atoms with Crippen LogP contribution < -0.4 is 4.74 Å². The lowest BCUT2D eigenvalue weighted by molar-refractivity contribution is -0.156. The number of methoxy groups -OCH3 is 1. The van der Waals surface area contributed by atoms with Gasteiger partial charge in [0.15, 0.2) is 0 Å². The fraction of sp³-hybridized carbons (Fsp3) is 0.486. The van der Waals surface area contributed by atoms with Crippen molar-refractivity contribution in [3.63, 3.8) is 0 Å². The van der Waals surface area contributed by atoms with E-state index in [1.807, 2.05) is 64.1 Å². The van der Waals surface area contributed by atoms with E-state index in [1.165, 1.54) is 12.2 Å². The molecular weight excluding hydrogens is 500 g/mol. The SMILES string of the molecule is COc1cc(/C=C/C(=O)OC(C)(C)C(C)(C)c2ccc(/C=C/C(=O)OC(C)C)cc2)ccc1C(C)(C)C(C)(C)C. The van der Waals surface area contributed by atoms with Gasteiger partial charge in [-0.05, 0) is 73.4 Å². The van der Waals surface area contributed by atoms with Gasteiger partial charge in [-0.25, -0.2) is 9.59 Å². The molecule has 0 aromatic heterocycles. The number of rotatable bonds is 10. The van der Waals surface area contributed by atoms with Crippen molar-refractivity contribution in [2.75, 3.05) is 7.11 Å². The number of esters is 2. The molecule has 0 radical (unpaired) electrons. The molecule has 2 aromatic rings. The van der Waals surface area contributed by atoms with Crippen molar-refractivity contribution in [1.82, 2.24) is 0 Å². The quantitative estimate of drug-likeness (QED) is 0.221. The van der Waals surface area contributed by atoms with Crippen molar-refractivity contribution in [1.29, 1.82) is 0 Å². The topological polar surface area (TPSA) is 61.8 Å². The van der Waals surface area contributed by atoms with Gasteiger partial charge in [0.25, 0.3) is 0 Å². The molecule has 0 aliphatic rings. The Morgan fingerprint density at radius 1 is 0.725 bits per heavy atom. The Hall–Kier alpha value is -3.34. The zero-order valence-electron chi connectivity index (χ0n) is 26.5. The Balaban J connectivity index is 2.16. The Labute approximate surface area is 241 Å². The van der Waals surface area contributed by atoms with Gasteiger partial charge in [0, 0.05) is 23.1 Å². The first-order valence-corrected chi connectivity index (χ1v) is 13.9. The van der Waals surface area contributed by atoms with Gasteiger partial charge in [-0.1, -0.05) is 84.9 Å². The Morgan fingerprint density at radius 3 is 1.77 bits per heavy atom.